The van der Waals surface area contributed by atoms with Crippen LogP contribution in [0, 0.1) is 0 Å². The average molecular weight is 684 g/mol. The molecule has 3 aliphatic heterocycles. The van der Waals surface area contributed by atoms with Crippen molar-refractivity contribution in [3.8, 4) is 11.1 Å². The van der Waals surface area contributed by atoms with Gasteiger partial charge in [-0.15, -0.1) is 0 Å². The van der Waals surface area contributed by atoms with Crippen LogP contribution in [0.4, 0.5) is 5.82 Å². The second-order valence-electron chi connectivity index (χ2n) is 14.3. The number of ether oxygens (including phenoxy) is 2. The van der Waals surface area contributed by atoms with Gasteiger partial charge in [0.2, 0.25) is 11.8 Å². The summed E-state index contributed by atoms with van der Waals surface area (Å²) >= 11 is 0. The molecule has 3 aromatic rings. The van der Waals surface area contributed by atoms with Crippen molar-refractivity contribution in [1.29, 1.82) is 0 Å². The highest BCUT2D eigenvalue weighted by atomic mass is 28.3. The molecule has 0 saturated carbocycles. The molecule has 2 N–H and O–H groups in total. The van der Waals surface area contributed by atoms with Crippen LogP contribution >= 0.6 is 0 Å². The Bertz CT molecular complexity index is 1700. The molecule has 1 unspecified atom stereocenters. The number of carbonyl (C=O) groups excluding carboxylic acids is 4. The van der Waals surface area contributed by atoms with Gasteiger partial charge in [0, 0.05) is 52.5 Å². The summed E-state index contributed by atoms with van der Waals surface area (Å²) in [7, 11) is -1.31. The van der Waals surface area contributed by atoms with Gasteiger partial charge in [-0.1, -0.05) is 56.0 Å². The van der Waals surface area contributed by atoms with Crippen LogP contribution in [-0.2, 0) is 32.2 Å². The molecule has 0 spiro atoms. The molecule has 49 heavy (non-hydrogen) atoms. The number of amides is 4. The number of rotatable bonds is 12. The summed E-state index contributed by atoms with van der Waals surface area (Å²) in [5.74, 6) is -0.450. The van der Waals surface area contributed by atoms with Crippen molar-refractivity contribution < 1.29 is 28.7 Å². The summed E-state index contributed by atoms with van der Waals surface area (Å²) in [6.07, 6.45) is 3.92. The van der Waals surface area contributed by atoms with Gasteiger partial charge in [0.1, 0.15) is 18.6 Å². The molecule has 4 amide bonds. The minimum absolute atomic E-state index is 0.0698. The summed E-state index contributed by atoms with van der Waals surface area (Å²) < 4.78 is 12.0. The number of primary amides is 1. The van der Waals surface area contributed by atoms with Crippen LogP contribution in [0.25, 0.3) is 11.1 Å². The molecule has 3 aliphatic rings. The first-order chi connectivity index (χ1) is 23.5. The third-order valence-electron chi connectivity index (χ3n) is 9.62. The number of carbonyl (C=O) groups is 4. The Labute approximate surface area is 288 Å². The van der Waals surface area contributed by atoms with Gasteiger partial charge in [0.25, 0.3) is 11.8 Å². The predicted molar refractivity (Wildman–Crippen MR) is 188 cm³/mol. The molecule has 1 aromatic heterocycles. The number of benzene rings is 2. The standard InChI is InChI=1S/C37H45N5O6Si/c1-49(2,3)20-19-47-24-42-34(43)14-12-32(37(42)46)41-22-31-29(5-4-6-30(31)36(41)45)26-9-7-25(8-10-26)23-48-28-15-17-40(18-16-28)33-13-11-27(21-39-33)35(38)44/h4-11,13,21,28,32H,12,14-20,22-24H2,1-3H3,(H2,38,44). The Morgan fingerprint density at radius 2 is 1.69 bits per heavy atom. The second kappa shape index (κ2) is 14.6. The molecule has 258 valence electrons. The molecule has 1 atom stereocenters. The van der Waals surface area contributed by atoms with Crippen molar-refractivity contribution in [2.24, 2.45) is 5.73 Å². The van der Waals surface area contributed by atoms with Crippen LogP contribution in [0.3, 0.4) is 0 Å². The lowest BCUT2D eigenvalue weighted by molar-refractivity contribution is -0.158. The zero-order valence-corrected chi connectivity index (χ0v) is 29.5. The van der Waals surface area contributed by atoms with Gasteiger partial charge in [0.05, 0.1) is 18.3 Å². The number of hydrogen-bond donors (Lipinski definition) is 1. The van der Waals surface area contributed by atoms with Crippen molar-refractivity contribution in [3.05, 3.63) is 83.0 Å². The quantitative estimate of drug-likeness (QED) is 0.163. The number of likely N-dealkylation sites (tertiary alicyclic amines) is 1. The Hall–Kier alpha value is -4.39. The van der Waals surface area contributed by atoms with Crippen LogP contribution < -0.4 is 10.6 Å². The Morgan fingerprint density at radius 3 is 2.37 bits per heavy atom. The Morgan fingerprint density at radius 1 is 0.959 bits per heavy atom. The van der Waals surface area contributed by atoms with Crippen LogP contribution in [0.5, 0.6) is 0 Å². The summed E-state index contributed by atoms with van der Waals surface area (Å²) in [5.41, 5.74) is 10.2. The molecular formula is C37H45N5O6Si. The first-order valence-electron chi connectivity index (χ1n) is 17.0. The number of piperidine rings is 2. The van der Waals surface area contributed by atoms with Crippen LogP contribution in [0.15, 0.2) is 60.8 Å². The molecular weight excluding hydrogens is 639 g/mol. The highest BCUT2D eigenvalue weighted by molar-refractivity contribution is 6.76. The van der Waals surface area contributed by atoms with Crippen LogP contribution in [-0.4, -0.2) is 85.1 Å². The van der Waals surface area contributed by atoms with Gasteiger partial charge in [-0.25, -0.2) is 4.98 Å². The zero-order chi connectivity index (χ0) is 34.7. The van der Waals surface area contributed by atoms with E-state index < -0.39 is 20.0 Å². The predicted octanol–water partition coefficient (Wildman–Crippen LogP) is 4.82. The van der Waals surface area contributed by atoms with E-state index in [0.717, 1.165) is 60.0 Å². The third-order valence-corrected chi connectivity index (χ3v) is 11.3. The third kappa shape index (κ3) is 7.92. The molecule has 4 heterocycles. The first-order valence-corrected chi connectivity index (χ1v) is 20.8. The lowest BCUT2D eigenvalue weighted by Crippen LogP contribution is -2.55. The van der Waals surface area contributed by atoms with Crippen molar-refractivity contribution in [3.63, 3.8) is 0 Å². The maximum atomic E-state index is 13.6. The smallest absolute Gasteiger partial charge is 0.255 e. The largest absolute Gasteiger partial charge is 0.373 e. The van der Waals surface area contributed by atoms with E-state index in [1.165, 1.54) is 11.1 Å². The van der Waals surface area contributed by atoms with Crippen LogP contribution in [0.1, 0.15) is 57.5 Å². The number of pyridine rings is 1. The van der Waals surface area contributed by atoms with Crippen LogP contribution in [0.2, 0.25) is 25.7 Å². The van der Waals surface area contributed by atoms with Gasteiger partial charge < -0.3 is 25.0 Å². The molecule has 0 aliphatic carbocycles. The highest BCUT2D eigenvalue weighted by Crippen LogP contribution is 2.36. The number of nitrogens with two attached hydrogens (primary N) is 1. The van der Waals surface area contributed by atoms with E-state index >= 15 is 0 Å². The fourth-order valence-corrected chi connectivity index (χ4v) is 7.38. The normalized spacial score (nSPS) is 18.7. The SMILES string of the molecule is C[Si](C)(C)CCOCN1C(=O)CCC(N2Cc3c(cccc3-c3ccc(COC4CCN(c5ccc(C(N)=O)cn5)CC4)cc3)C2=O)C1=O. The van der Waals surface area contributed by atoms with Gasteiger partial charge in [0.15, 0.2) is 0 Å². The lowest BCUT2D eigenvalue weighted by atomic mass is 9.96. The van der Waals surface area contributed by atoms with E-state index in [2.05, 4.69) is 53.8 Å². The molecule has 0 bridgehead atoms. The molecule has 2 aromatic carbocycles. The van der Waals surface area contributed by atoms with Crippen molar-refractivity contribution in [2.45, 2.75) is 76.7 Å². The van der Waals surface area contributed by atoms with Gasteiger partial charge in [-0.05, 0) is 65.8 Å². The summed E-state index contributed by atoms with van der Waals surface area (Å²) in [6.45, 7) is 9.63. The van der Waals surface area contributed by atoms with Gasteiger partial charge in [-0.3, -0.25) is 24.1 Å². The van der Waals surface area contributed by atoms with Gasteiger partial charge in [-0.2, -0.15) is 0 Å². The first kappa shape index (κ1) is 34.5. The number of hydrogen-bond acceptors (Lipinski definition) is 8. The van der Waals surface area contributed by atoms with E-state index in [0.29, 0.717) is 37.3 Å². The molecule has 2 saturated heterocycles. The zero-order valence-electron chi connectivity index (χ0n) is 28.5. The van der Waals surface area contributed by atoms with E-state index in [1.807, 2.05) is 24.3 Å². The van der Waals surface area contributed by atoms with Crippen molar-refractivity contribution >= 4 is 37.5 Å². The van der Waals surface area contributed by atoms with Crippen molar-refractivity contribution in [2.75, 3.05) is 31.3 Å². The fraction of sp³-hybridized carbons (Fsp3) is 0.432. The number of aromatic nitrogens is 1. The summed E-state index contributed by atoms with van der Waals surface area (Å²) in [6, 6.07) is 17.7. The maximum absolute atomic E-state index is 13.6. The Balaban J connectivity index is 1.04. The minimum Gasteiger partial charge on any atom is -0.373 e. The van der Waals surface area contributed by atoms with E-state index in [-0.39, 0.29) is 37.0 Å². The topological polar surface area (TPSA) is 135 Å². The Kier molecular flexibility index (Phi) is 10.3. The number of imide groups is 1. The summed E-state index contributed by atoms with van der Waals surface area (Å²) in [5, 5.41) is 0. The molecule has 0 radical (unpaired) electrons. The number of nitrogens with zero attached hydrogens (tertiary/aromatic N) is 4. The highest BCUT2D eigenvalue weighted by Gasteiger charge is 2.43. The molecule has 11 nitrogen and oxygen atoms in total. The fourth-order valence-electron chi connectivity index (χ4n) is 6.62. The van der Waals surface area contributed by atoms with E-state index in [9.17, 15) is 19.2 Å². The van der Waals surface area contributed by atoms with Gasteiger partial charge >= 0.3 is 0 Å². The molecule has 6 rings (SSSR count). The molecule has 12 heteroatoms. The number of anilines is 1. The van der Waals surface area contributed by atoms with E-state index in [1.54, 1.807) is 11.0 Å². The monoisotopic (exact) mass is 683 g/mol. The van der Waals surface area contributed by atoms with Crippen molar-refractivity contribution in [1.82, 2.24) is 14.8 Å². The second-order valence-corrected chi connectivity index (χ2v) is 19.9. The lowest BCUT2D eigenvalue weighted by Gasteiger charge is -2.35. The number of fused-ring (bicyclic) bond motifs is 1. The summed E-state index contributed by atoms with van der Waals surface area (Å²) in [4.78, 5) is 60.5. The minimum atomic E-state index is -1.31. The maximum Gasteiger partial charge on any atom is 0.255 e. The molecule has 2 fully saturated rings. The van der Waals surface area contributed by atoms with E-state index in [4.69, 9.17) is 15.2 Å². The average Bonchev–Trinajstić information content (AvgIpc) is 3.43.